The summed E-state index contributed by atoms with van der Waals surface area (Å²) in [5, 5.41) is 10.5. The van der Waals surface area contributed by atoms with Gasteiger partial charge >= 0.3 is 5.97 Å². The number of aromatic carboxylic acids is 1. The number of carbonyl (C=O) groups is 2. The van der Waals surface area contributed by atoms with Crippen LogP contribution in [0.5, 0.6) is 11.5 Å². The molecule has 9 heteroatoms. The van der Waals surface area contributed by atoms with Crippen molar-refractivity contribution >= 4 is 35.0 Å². The minimum absolute atomic E-state index is 0.136. The third-order valence-electron chi connectivity index (χ3n) is 7.27. The van der Waals surface area contributed by atoms with Crippen molar-refractivity contribution in [3.8, 4) is 11.5 Å². The number of rotatable bonds is 17. The van der Waals surface area contributed by atoms with Gasteiger partial charge in [0.15, 0.2) is 6.61 Å². The van der Waals surface area contributed by atoms with Gasteiger partial charge in [0.1, 0.15) is 11.5 Å². The molecular weight excluding hydrogens is 613 g/mol. The Balaban J connectivity index is 1.27. The van der Waals surface area contributed by atoms with Crippen LogP contribution in [-0.2, 0) is 16.0 Å². The van der Waals surface area contributed by atoms with Crippen LogP contribution in [0.4, 0.5) is 0 Å². The van der Waals surface area contributed by atoms with Crippen LogP contribution in [0, 0.1) is 0 Å². The summed E-state index contributed by atoms with van der Waals surface area (Å²) in [5.74, 6) is -0.340. The zero-order chi connectivity index (χ0) is 32.2. The molecule has 0 aliphatic carbocycles. The molecule has 7 nitrogen and oxygen atoms in total. The lowest BCUT2D eigenvalue weighted by molar-refractivity contribution is -0.151. The summed E-state index contributed by atoms with van der Waals surface area (Å²) < 4.78 is 16.9. The van der Waals surface area contributed by atoms with Gasteiger partial charge in [-0.15, -0.1) is 0 Å². The van der Waals surface area contributed by atoms with E-state index in [0.717, 1.165) is 41.5 Å². The first kappa shape index (κ1) is 34.0. The van der Waals surface area contributed by atoms with E-state index in [0.29, 0.717) is 11.5 Å². The highest BCUT2D eigenvalue weighted by Crippen LogP contribution is 2.28. The smallest absolute Gasteiger partial charge is 0.335 e. The maximum absolute atomic E-state index is 12.8. The zero-order valence-electron chi connectivity index (χ0n) is 25.3. The van der Waals surface area contributed by atoms with E-state index in [1.54, 1.807) is 6.92 Å². The summed E-state index contributed by atoms with van der Waals surface area (Å²) in [6.45, 7) is 3.55. The molecule has 0 saturated carbocycles. The van der Waals surface area contributed by atoms with Crippen molar-refractivity contribution in [1.82, 2.24) is 4.90 Å². The highest BCUT2D eigenvalue weighted by atomic mass is 35.5. The fraction of sp³-hybridized carbons (Fsp3) is 0.278. The topological polar surface area (TPSA) is 85.3 Å². The van der Waals surface area contributed by atoms with Crippen LogP contribution in [0.15, 0.2) is 97.1 Å². The van der Waals surface area contributed by atoms with Crippen molar-refractivity contribution in [2.75, 3.05) is 33.4 Å². The van der Waals surface area contributed by atoms with Crippen LogP contribution < -0.4 is 9.47 Å². The van der Waals surface area contributed by atoms with E-state index in [-0.39, 0.29) is 30.5 Å². The number of halogens is 2. The highest BCUT2D eigenvalue weighted by molar-refractivity contribution is 6.30. The second-order valence-electron chi connectivity index (χ2n) is 10.7. The molecule has 0 amide bonds. The number of carboxylic acids is 1. The van der Waals surface area contributed by atoms with Gasteiger partial charge < -0.3 is 24.2 Å². The number of hydrogen-bond donors (Lipinski definition) is 1. The molecule has 0 spiro atoms. The minimum Gasteiger partial charge on any atom is -0.486 e. The predicted molar refractivity (Wildman–Crippen MR) is 177 cm³/mol. The average Bonchev–Trinajstić information content (AvgIpc) is 3.04. The first-order valence-electron chi connectivity index (χ1n) is 14.8. The number of carboxylic acid groups (broad SMARTS) is 1. The predicted octanol–water partition coefficient (Wildman–Crippen LogP) is 7.78. The number of benzene rings is 4. The van der Waals surface area contributed by atoms with Gasteiger partial charge in [0, 0.05) is 29.1 Å². The summed E-state index contributed by atoms with van der Waals surface area (Å²) >= 11 is 12.3. The monoisotopic (exact) mass is 649 g/mol. The van der Waals surface area contributed by atoms with Gasteiger partial charge in [-0.2, -0.15) is 0 Å². The minimum atomic E-state index is -1.12. The highest BCUT2D eigenvalue weighted by Gasteiger charge is 2.22. The molecule has 4 aromatic rings. The van der Waals surface area contributed by atoms with Gasteiger partial charge in [-0.3, -0.25) is 4.79 Å². The Morgan fingerprint density at radius 1 is 0.800 bits per heavy atom. The van der Waals surface area contributed by atoms with Crippen molar-refractivity contribution in [2.24, 2.45) is 0 Å². The molecule has 4 aromatic carbocycles. The molecule has 0 aromatic heterocycles. The maximum atomic E-state index is 12.8. The lowest BCUT2D eigenvalue weighted by Crippen LogP contribution is -2.34. The van der Waals surface area contributed by atoms with E-state index in [4.69, 9.17) is 42.5 Å². The molecule has 45 heavy (non-hydrogen) atoms. The number of nitrogens with zero attached hydrogens (tertiary/aromatic N) is 1. The van der Waals surface area contributed by atoms with E-state index in [2.05, 4.69) is 36.2 Å². The van der Waals surface area contributed by atoms with Gasteiger partial charge in [0.05, 0.1) is 5.56 Å². The van der Waals surface area contributed by atoms with E-state index in [9.17, 15) is 9.59 Å². The Morgan fingerprint density at radius 2 is 1.36 bits per heavy atom. The Morgan fingerprint density at radius 3 is 1.89 bits per heavy atom. The van der Waals surface area contributed by atoms with Gasteiger partial charge in [-0.25, -0.2) is 4.79 Å². The number of ether oxygens (including phenoxy) is 3. The lowest BCUT2D eigenvalue weighted by atomic mass is 9.91. The molecule has 4 rings (SSSR count). The summed E-state index contributed by atoms with van der Waals surface area (Å²) in [4.78, 5) is 26.1. The van der Waals surface area contributed by atoms with Crippen LogP contribution in [-0.4, -0.2) is 61.4 Å². The van der Waals surface area contributed by atoms with Crippen LogP contribution in [0.2, 0.25) is 10.0 Å². The van der Waals surface area contributed by atoms with Gasteiger partial charge in [-0.1, -0.05) is 59.6 Å². The summed E-state index contributed by atoms with van der Waals surface area (Å²) in [6, 6.07) is 29.5. The SMILES string of the molecule is CCOC(Oc1ccc(CCCN(C)CC(c2ccc(Cl)cc2)c2ccc(Cl)cc2)cc1)C(=O)COc1ccc(C(=O)O)cc1. The Bertz CT molecular complexity index is 1460. The van der Waals surface area contributed by atoms with E-state index in [1.165, 1.54) is 35.4 Å². The van der Waals surface area contributed by atoms with Crippen LogP contribution in [0.3, 0.4) is 0 Å². The van der Waals surface area contributed by atoms with Crippen LogP contribution in [0.1, 0.15) is 46.3 Å². The van der Waals surface area contributed by atoms with Gasteiger partial charge in [0.2, 0.25) is 5.78 Å². The fourth-order valence-electron chi connectivity index (χ4n) is 4.87. The van der Waals surface area contributed by atoms with Crippen molar-refractivity contribution in [1.29, 1.82) is 0 Å². The second-order valence-corrected chi connectivity index (χ2v) is 11.5. The lowest BCUT2D eigenvalue weighted by Gasteiger charge is -2.25. The second kappa shape index (κ2) is 17.0. The van der Waals surface area contributed by atoms with Crippen molar-refractivity contribution in [3.05, 3.63) is 129 Å². The number of aryl methyl sites for hydroxylation is 1. The number of likely N-dealkylation sites (N-methyl/N-ethyl adjacent to an activating group) is 1. The molecule has 1 N–H and O–H groups in total. The Hall–Kier alpha value is -3.88. The van der Waals surface area contributed by atoms with E-state index >= 15 is 0 Å². The molecule has 0 heterocycles. The molecule has 1 unspecified atom stereocenters. The quantitative estimate of drug-likeness (QED) is 0.117. The third-order valence-corrected chi connectivity index (χ3v) is 7.78. The normalized spacial score (nSPS) is 11.9. The molecular formula is C36H37Cl2NO6. The summed E-state index contributed by atoms with van der Waals surface area (Å²) in [7, 11) is 2.13. The summed E-state index contributed by atoms with van der Waals surface area (Å²) in [6.07, 6.45) is 0.733. The number of carbonyl (C=O) groups excluding carboxylic acids is 1. The van der Waals surface area contributed by atoms with Crippen molar-refractivity contribution in [2.45, 2.75) is 32.0 Å². The largest absolute Gasteiger partial charge is 0.486 e. The summed E-state index contributed by atoms with van der Waals surface area (Å²) in [5.41, 5.74) is 3.70. The number of ketones is 1. The molecule has 0 radical (unpaired) electrons. The first-order valence-corrected chi connectivity index (χ1v) is 15.5. The number of Topliss-reactive ketones (excluding diaryl/α,β-unsaturated/α-hetero) is 1. The third kappa shape index (κ3) is 10.6. The molecule has 0 aliphatic rings. The maximum Gasteiger partial charge on any atom is 0.335 e. The van der Waals surface area contributed by atoms with E-state index < -0.39 is 12.3 Å². The fourth-order valence-corrected chi connectivity index (χ4v) is 5.12. The Kier molecular flexibility index (Phi) is 12.8. The van der Waals surface area contributed by atoms with Crippen LogP contribution >= 0.6 is 23.2 Å². The molecule has 0 saturated heterocycles. The molecule has 0 fully saturated rings. The van der Waals surface area contributed by atoms with Crippen LogP contribution in [0.25, 0.3) is 0 Å². The zero-order valence-corrected chi connectivity index (χ0v) is 26.8. The molecule has 0 aliphatic heterocycles. The van der Waals surface area contributed by atoms with E-state index in [1.807, 2.05) is 48.5 Å². The van der Waals surface area contributed by atoms with Gasteiger partial charge in [-0.05, 0) is 111 Å². The van der Waals surface area contributed by atoms with Gasteiger partial charge in [0.25, 0.3) is 6.29 Å². The molecule has 1 atom stereocenters. The first-order chi connectivity index (χ1) is 21.7. The standard InChI is InChI=1S/C36H37Cl2NO6/c1-3-43-36(34(40)24-44-31-20-12-28(13-21-31)35(41)42)45-32-18-6-25(7-19-32)5-4-22-39(2)23-33(26-8-14-29(37)15-9-26)27-10-16-30(38)17-11-27/h6-21,33,36H,3-5,22-24H2,1-2H3,(H,41,42). The molecule has 236 valence electrons. The Labute approximate surface area is 274 Å². The van der Waals surface area contributed by atoms with Crippen molar-refractivity contribution in [3.63, 3.8) is 0 Å². The average molecular weight is 651 g/mol. The molecule has 0 bridgehead atoms. The number of hydrogen-bond acceptors (Lipinski definition) is 6. The van der Waals surface area contributed by atoms with Crippen molar-refractivity contribution < 1.29 is 28.9 Å².